The summed E-state index contributed by atoms with van der Waals surface area (Å²) in [6.07, 6.45) is 10.0. The molecular weight excluding hydrogens is 433 g/mol. The molecular formula is C30H44N3P. The quantitative estimate of drug-likeness (QED) is 0.336. The zero-order valence-electron chi connectivity index (χ0n) is 21.1. The summed E-state index contributed by atoms with van der Waals surface area (Å²) >= 11 is 0. The van der Waals surface area contributed by atoms with Crippen molar-refractivity contribution in [3.8, 4) is 0 Å². The van der Waals surface area contributed by atoms with E-state index in [4.69, 9.17) is 5.73 Å². The molecule has 2 aromatic rings. The molecule has 3 nitrogen and oxygen atoms in total. The van der Waals surface area contributed by atoms with Crippen molar-refractivity contribution >= 4 is 9.24 Å². The van der Waals surface area contributed by atoms with E-state index < -0.39 is 0 Å². The van der Waals surface area contributed by atoms with Gasteiger partial charge in [-0.2, -0.15) is 0 Å². The summed E-state index contributed by atoms with van der Waals surface area (Å²) < 4.78 is 0. The Kier molecular flexibility index (Phi) is 11.3. The van der Waals surface area contributed by atoms with E-state index in [1.165, 1.54) is 73.0 Å². The molecule has 184 valence electrons. The van der Waals surface area contributed by atoms with Crippen LogP contribution in [0.1, 0.15) is 42.9 Å². The Morgan fingerprint density at radius 3 is 2.44 bits per heavy atom. The van der Waals surface area contributed by atoms with Gasteiger partial charge in [-0.1, -0.05) is 61.2 Å². The predicted molar refractivity (Wildman–Crippen MR) is 151 cm³/mol. The number of nitrogens with zero attached hydrogens (tertiary/aromatic N) is 2. The van der Waals surface area contributed by atoms with Crippen molar-refractivity contribution < 1.29 is 0 Å². The zero-order chi connectivity index (χ0) is 24.2. The minimum atomic E-state index is 0.577. The van der Waals surface area contributed by atoms with Gasteiger partial charge in [0.25, 0.3) is 0 Å². The van der Waals surface area contributed by atoms with Crippen LogP contribution in [0.15, 0.2) is 78.6 Å². The maximum absolute atomic E-state index is 6.23. The van der Waals surface area contributed by atoms with E-state index in [-0.39, 0.29) is 0 Å². The Bertz CT molecular complexity index is 904. The standard InChI is InChI=1S/C30H44N3P/c1-3-33(19-8-14-29(24-34)23-32-17-9-18-32)25(2)30(22-31)21-28-13-7-12-27(20-28)16-15-26-10-5-4-6-11-26/h3-7,10-13,20,29H,1,8-9,14-19,21-24,31,34H2,2H3/b30-25+. The van der Waals surface area contributed by atoms with E-state index in [0.717, 1.165) is 31.7 Å². The number of likely N-dealkylation sites (tertiary alicyclic amines) is 1. The molecule has 2 unspecified atom stereocenters. The maximum atomic E-state index is 6.23. The highest BCUT2D eigenvalue weighted by Crippen LogP contribution is 2.20. The highest BCUT2D eigenvalue weighted by molar-refractivity contribution is 7.16. The molecule has 2 N–H and O–H groups in total. The molecule has 0 amide bonds. The fourth-order valence-electron chi connectivity index (χ4n) is 4.79. The molecule has 34 heavy (non-hydrogen) atoms. The predicted octanol–water partition coefficient (Wildman–Crippen LogP) is 5.67. The first-order valence-electron chi connectivity index (χ1n) is 12.9. The third kappa shape index (κ3) is 8.38. The fraction of sp³-hybridized carbons (Fsp3) is 0.467. The van der Waals surface area contributed by atoms with Crippen LogP contribution in [0.25, 0.3) is 0 Å². The Hall–Kier alpha value is -1.93. The van der Waals surface area contributed by atoms with Crippen molar-refractivity contribution in [2.24, 2.45) is 11.7 Å². The van der Waals surface area contributed by atoms with Crippen LogP contribution in [0.5, 0.6) is 0 Å². The fourth-order valence-corrected chi connectivity index (χ4v) is 5.17. The average molecular weight is 478 g/mol. The van der Waals surface area contributed by atoms with Crippen LogP contribution in [0.3, 0.4) is 0 Å². The lowest BCUT2D eigenvalue weighted by Crippen LogP contribution is -2.40. The summed E-state index contributed by atoms with van der Waals surface area (Å²) in [4.78, 5) is 4.90. The first-order valence-corrected chi connectivity index (χ1v) is 13.8. The van der Waals surface area contributed by atoms with Gasteiger partial charge >= 0.3 is 0 Å². The first kappa shape index (κ1) is 26.7. The lowest BCUT2D eigenvalue weighted by molar-refractivity contribution is 0.153. The highest BCUT2D eigenvalue weighted by atomic mass is 31.0. The Balaban J connectivity index is 1.56. The van der Waals surface area contributed by atoms with Gasteiger partial charge in [0.15, 0.2) is 0 Å². The minimum absolute atomic E-state index is 0.577. The number of allylic oxidation sites excluding steroid dienone is 1. The van der Waals surface area contributed by atoms with Crippen molar-refractivity contribution in [1.82, 2.24) is 9.80 Å². The lowest BCUT2D eigenvalue weighted by atomic mass is 9.98. The summed E-state index contributed by atoms with van der Waals surface area (Å²) in [6, 6.07) is 19.7. The summed E-state index contributed by atoms with van der Waals surface area (Å²) in [7, 11) is 2.95. The summed E-state index contributed by atoms with van der Waals surface area (Å²) in [5.74, 6) is 0.772. The number of rotatable bonds is 15. The van der Waals surface area contributed by atoms with Gasteiger partial charge < -0.3 is 15.5 Å². The van der Waals surface area contributed by atoms with Crippen LogP contribution in [-0.2, 0) is 19.3 Å². The molecule has 0 spiro atoms. The van der Waals surface area contributed by atoms with Crippen LogP contribution in [-0.4, -0.2) is 48.7 Å². The lowest BCUT2D eigenvalue weighted by Gasteiger charge is -2.34. The second-order valence-electron chi connectivity index (χ2n) is 9.65. The molecule has 1 saturated heterocycles. The molecule has 1 aliphatic rings. The normalized spacial score (nSPS) is 15.4. The SMILES string of the molecule is C=CN(CCCC(CP)CN1CCC1)/C(C)=C(/CN)Cc1cccc(CCc2ccccc2)c1. The molecule has 1 heterocycles. The maximum Gasteiger partial charge on any atom is 0.0221 e. The van der Waals surface area contributed by atoms with Crippen molar-refractivity contribution in [2.75, 3.05) is 38.9 Å². The van der Waals surface area contributed by atoms with Gasteiger partial charge in [0, 0.05) is 25.3 Å². The summed E-state index contributed by atoms with van der Waals surface area (Å²) in [6.45, 7) is 11.7. The van der Waals surface area contributed by atoms with Crippen molar-refractivity contribution in [3.05, 3.63) is 95.3 Å². The Morgan fingerprint density at radius 1 is 1.09 bits per heavy atom. The molecule has 0 saturated carbocycles. The molecule has 2 atom stereocenters. The van der Waals surface area contributed by atoms with Crippen molar-refractivity contribution in [3.63, 3.8) is 0 Å². The van der Waals surface area contributed by atoms with Gasteiger partial charge in [-0.3, -0.25) is 0 Å². The Morgan fingerprint density at radius 2 is 1.79 bits per heavy atom. The molecule has 3 rings (SSSR count). The van der Waals surface area contributed by atoms with Gasteiger partial charge in [-0.15, -0.1) is 9.24 Å². The number of aryl methyl sites for hydroxylation is 2. The zero-order valence-corrected chi connectivity index (χ0v) is 22.2. The number of hydrogen-bond acceptors (Lipinski definition) is 3. The molecule has 1 fully saturated rings. The van der Waals surface area contributed by atoms with E-state index in [9.17, 15) is 0 Å². The monoisotopic (exact) mass is 477 g/mol. The van der Waals surface area contributed by atoms with E-state index in [0.29, 0.717) is 6.54 Å². The minimum Gasteiger partial charge on any atom is -0.352 e. The van der Waals surface area contributed by atoms with Gasteiger partial charge in [-0.25, -0.2) is 0 Å². The number of nitrogens with two attached hydrogens (primary N) is 1. The smallest absolute Gasteiger partial charge is 0.0221 e. The number of hydrogen-bond donors (Lipinski definition) is 1. The second kappa shape index (κ2) is 14.5. The average Bonchev–Trinajstić information content (AvgIpc) is 2.85. The van der Waals surface area contributed by atoms with Crippen molar-refractivity contribution in [1.29, 1.82) is 0 Å². The van der Waals surface area contributed by atoms with E-state index >= 15 is 0 Å². The first-order chi connectivity index (χ1) is 16.6. The van der Waals surface area contributed by atoms with Crippen LogP contribution in [0.2, 0.25) is 0 Å². The molecule has 1 aliphatic heterocycles. The van der Waals surface area contributed by atoms with Crippen molar-refractivity contribution in [2.45, 2.75) is 45.4 Å². The Labute approximate surface area is 210 Å². The van der Waals surface area contributed by atoms with E-state index in [2.05, 4.69) is 87.1 Å². The van der Waals surface area contributed by atoms with Crippen LogP contribution < -0.4 is 5.73 Å². The molecule has 0 aliphatic carbocycles. The van der Waals surface area contributed by atoms with Gasteiger partial charge in [0.1, 0.15) is 0 Å². The highest BCUT2D eigenvalue weighted by Gasteiger charge is 2.18. The van der Waals surface area contributed by atoms with Crippen LogP contribution in [0.4, 0.5) is 0 Å². The summed E-state index contributed by atoms with van der Waals surface area (Å²) in [5, 5.41) is 0. The van der Waals surface area contributed by atoms with Gasteiger partial charge in [0.05, 0.1) is 0 Å². The van der Waals surface area contributed by atoms with Crippen LogP contribution >= 0.6 is 9.24 Å². The molecule has 0 aromatic heterocycles. The van der Waals surface area contributed by atoms with Gasteiger partial charge in [-0.05, 0) is 99.1 Å². The molecule has 0 radical (unpaired) electrons. The van der Waals surface area contributed by atoms with Crippen LogP contribution in [0, 0.1) is 5.92 Å². The topological polar surface area (TPSA) is 32.5 Å². The third-order valence-corrected chi connectivity index (χ3v) is 7.84. The number of benzene rings is 2. The largest absolute Gasteiger partial charge is 0.352 e. The van der Waals surface area contributed by atoms with Gasteiger partial charge in [0.2, 0.25) is 0 Å². The molecule has 2 aromatic carbocycles. The second-order valence-corrected chi connectivity index (χ2v) is 10.1. The third-order valence-electron chi connectivity index (χ3n) is 7.17. The molecule has 4 heteroatoms. The van der Waals surface area contributed by atoms with E-state index in [1.807, 2.05) is 6.20 Å². The van der Waals surface area contributed by atoms with E-state index in [1.54, 1.807) is 0 Å². The molecule has 0 bridgehead atoms. The summed E-state index contributed by atoms with van der Waals surface area (Å²) in [5.41, 5.74) is 12.9.